The van der Waals surface area contributed by atoms with Crippen molar-refractivity contribution >= 4 is 33.3 Å². The van der Waals surface area contributed by atoms with Gasteiger partial charge in [-0.1, -0.05) is 17.7 Å². The van der Waals surface area contributed by atoms with Gasteiger partial charge in [0.05, 0.1) is 16.3 Å². The summed E-state index contributed by atoms with van der Waals surface area (Å²) in [5.41, 5.74) is -0.359. The van der Waals surface area contributed by atoms with Gasteiger partial charge in [0.25, 0.3) is 10.0 Å². The van der Waals surface area contributed by atoms with Crippen molar-refractivity contribution < 1.29 is 18.3 Å². The molecule has 20 heavy (non-hydrogen) atoms. The number of benzene rings is 1. The first kappa shape index (κ1) is 14.4. The number of anilines is 1. The summed E-state index contributed by atoms with van der Waals surface area (Å²) in [6.45, 7) is 0. The van der Waals surface area contributed by atoms with Crippen molar-refractivity contribution in [1.82, 2.24) is 4.57 Å². The van der Waals surface area contributed by atoms with Crippen LogP contribution in [0.1, 0.15) is 10.4 Å². The van der Waals surface area contributed by atoms with E-state index in [2.05, 4.69) is 4.72 Å². The SMILES string of the molecule is Cn1ccc(S(=O)(=O)Nc2c(Cl)cccc2C(=O)O)c1. The average Bonchev–Trinajstić information content (AvgIpc) is 2.79. The van der Waals surface area contributed by atoms with Gasteiger partial charge < -0.3 is 9.67 Å². The summed E-state index contributed by atoms with van der Waals surface area (Å²) in [5, 5.41) is 9.08. The molecule has 0 aliphatic carbocycles. The van der Waals surface area contributed by atoms with Crippen molar-refractivity contribution in [3.63, 3.8) is 0 Å². The predicted octanol–water partition coefficient (Wildman–Crippen LogP) is 2.18. The zero-order valence-electron chi connectivity index (χ0n) is 10.4. The highest BCUT2D eigenvalue weighted by Gasteiger charge is 2.21. The number of hydrogen-bond acceptors (Lipinski definition) is 3. The number of aryl methyl sites for hydroxylation is 1. The van der Waals surface area contributed by atoms with Crippen LogP contribution in [-0.2, 0) is 17.1 Å². The second-order valence-corrected chi connectivity index (χ2v) is 6.18. The van der Waals surface area contributed by atoms with Crippen LogP contribution in [0, 0.1) is 0 Å². The number of carbonyl (C=O) groups is 1. The van der Waals surface area contributed by atoms with Gasteiger partial charge in [-0.3, -0.25) is 4.72 Å². The number of hydrogen-bond donors (Lipinski definition) is 2. The molecule has 0 spiro atoms. The van der Waals surface area contributed by atoms with Crippen LogP contribution in [0.15, 0.2) is 41.6 Å². The van der Waals surface area contributed by atoms with Crippen molar-refractivity contribution in [2.75, 3.05) is 4.72 Å². The molecule has 0 atom stereocenters. The van der Waals surface area contributed by atoms with Gasteiger partial charge in [0, 0.05) is 19.4 Å². The van der Waals surface area contributed by atoms with E-state index in [0.717, 1.165) is 0 Å². The van der Waals surface area contributed by atoms with Crippen molar-refractivity contribution in [3.05, 3.63) is 47.2 Å². The molecule has 0 radical (unpaired) electrons. The van der Waals surface area contributed by atoms with E-state index in [1.807, 2.05) is 0 Å². The summed E-state index contributed by atoms with van der Waals surface area (Å²) in [7, 11) is -2.21. The Bertz CT molecular complexity index is 768. The highest BCUT2D eigenvalue weighted by atomic mass is 35.5. The summed E-state index contributed by atoms with van der Waals surface area (Å²) in [6, 6.07) is 5.53. The topological polar surface area (TPSA) is 88.4 Å². The highest BCUT2D eigenvalue weighted by molar-refractivity contribution is 7.92. The Kier molecular flexibility index (Phi) is 3.74. The number of sulfonamides is 1. The molecule has 0 amide bonds. The van der Waals surface area contributed by atoms with Crippen molar-refractivity contribution in [2.24, 2.45) is 7.05 Å². The summed E-state index contributed by atoms with van der Waals surface area (Å²) in [4.78, 5) is 11.1. The Morgan fingerprint density at radius 3 is 2.60 bits per heavy atom. The number of para-hydroxylation sites is 1. The van der Waals surface area contributed by atoms with E-state index < -0.39 is 16.0 Å². The minimum atomic E-state index is -3.89. The molecule has 1 aromatic carbocycles. The van der Waals surface area contributed by atoms with Crippen molar-refractivity contribution in [2.45, 2.75) is 4.90 Å². The molecule has 0 aliphatic heterocycles. The van der Waals surface area contributed by atoms with Crippen LogP contribution in [0.25, 0.3) is 0 Å². The maximum Gasteiger partial charge on any atom is 0.337 e. The van der Waals surface area contributed by atoms with Crippen LogP contribution >= 0.6 is 11.6 Å². The zero-order chi connectivity index (χ0) is 14.9. The molecule has 1 heterocycles. The molecular formula is C12H11ClN2O4S. The van der Waals surface area contributed by atoms with Gasteiger partial charge in [-0.05, 0) is 18.2 Å². The van der Waals surface area contributed by atoms with E-state index in [1.54, 1.807) is 17.8 Å². The molecule has 106 valence electrons. The third-order valence-electron chi connectivity index (χ3n) is 2.60. The van der Waals surface area contributed by atoms with Gasteiger partial charge in [0.15, 0.2) is 0 Å². The van der Waals surface area contributed by atoms with E-state index in [9.17, 15) is 13.2 Å². The minimum absolute atomic E-state index is 0.0180. The van der Waals surface area contributed by atoms with Gasteiger partial charge in [-0.25, -0.2) is 13.2 Å². The summed E-state index contributed by atoms with van der Waals surface area (Å²) in [5.74, 6) is -1.27. The summed E-state index contributed by atoms with van der Waals surface area (Å²) >= 11 is 5.88. The molecule has 2 N–H and O–H groups in total. The lowest BCUT2D eigenvalue weighted by molar-refractivity contribution is 0.0698. The number of rotatable bonds is 4. The fourth-order valence-electron chi connectivity index (χ4n) is 1.64. The molecule has 0 bridgehead atoms. The van der Waals surface area contributed by atoms with Crippen LogP contribution in [0.5, 0.6) is 0 Å². The molecule has 0 aliphatic rings. The molecule has 2 aromatic rings. The lowest BCUT2D eigenvalue weighted by Gasteiger charge is -2.11. The average molecular weight is 315 g/mol. The molecular weight excluding hydrogens is 304 g/mol. The fraction of sp³-hybridized carbons (Fsp3) is 0.0833. The second kappa shape index (κ2) is 5.18. The van der Waals surface area contributed by atoms with Crippen LogP contribution in [-0.4, -0.2) is 24.1 Å². The molecule has 0 fully saturated rings. The second-order valence-electron chi connectivity index (χ2n) is 4.09. The number of carboxylic acid groups (broad SMARTS) is 1. The lowest BCUT2D eigenvalue weighted by atomic mass is 10.2. The number of carboxylic acids is 1. The van der Waals surface area contributed by atoms with Crippen molar-refractivity contribution in [3.8, 4) is 0 Å². The van der Waals surface area contributed by atoms with Crippen LogP contribution in [0.3, 0.4) is 0 Å². The smallest absolute Gasteiger partial charge is 0.337 e. The van der Waals surface area contributed by atoms with Gasteiger partial charge in [-0.2, -0.15) is 0 Å². The summed E-state index contributed by atoms with van der Waals surface area (Å²) < 4.78 is 28.1. The van der Waals surface area contributed by atoms with E-state index in [4.69, 9.17) is 16.7 Å². The number of aromatic carboxylic acids is 1. The molecule has 0 saturated carbocycles. The fourth-order valence-corrected chi connectivity index (χ4v) is 3.07. The number of aromatic nitrogens is 1. The third kappa shape index (κ3) is 2.78. The number of nitrogens with zero attached hydrogens (tertiary/aromatic N) is 1. The van der Waals surface area contributed by atoms with Gasteiger partial charge >= 0.3 is 5.97 Å². The minimum Gasteiger partial charge on any atom is -0.478 e. The first-order valence-electron chi connectivity index (χ1n) is 5.48. The van der Waals surface area contributed by atoms with Crippen LogP contribution in [0.4, 0.5) is 5.69 Å². The largest absolute Gasteiger partial charge is 0.478 e. The normalized spacial score (nSPS) is 11.3. The van der Waals surface area contributed by atoms with E-state index in [-0.39, 0.29) is 21.2 Å². The molecule has 0 unspecified atom stereocenters. The third-order valence-corrected chi connectivity index (χ3v) is 4.25. The lowest BCUT2D eigenvalue weighted by Crippen LogP contribution is -2.15. The van der Waals surface area contributed by atoms with Crippen molar-refractivity contribution in [1.29, 1.82) is 0 Å². The van der Waals surface area contributed by atoms with E-state index >= 15 is 0 Å². The Morgan fingerprint density at radius 1 is 1.35 bits per heavy atom. The first-order chi connectivity index (χ1) is 9.31. The number of nitrogens with one attached hydrogen (secondary N) is 1. The van der Waals surface area contributed by atoms with E-state index in [0.29, 0.717) is 0 Å². The first-order valence-corrected chi connectivity index (χ1v) is 7.34. The van der Waals surface area contributed by atoms with Crippen LogP contribution in [0.2, 0.25) is 5.02 Å². The molecule has 0 saturated heterocycles. The Morgan fingerprint density at radius 2 is 2.05 bits per heavy atom. The Labute approximate surface area is 120 Å². The van der Waals surface area contributed by atoms with Gasteiger partial charge in [-0.15, -0.1) is 0 Å². The molecule has 1 aromatic heterocycles. The Hall–Kier alpha value is -1.99. The zero-order valence-corrected chi connectivity index (χ0v) is 11.9. The van der Waals surface area contributed by atoms with Gasteiger partial charge in [0.1, 0.15) is 4.90 Å². The standard InChI is InChI=1S/C12H11ClN2O4S/c1-15-6-5-8(7-15)20(18,19)14-11-9(12(16)17)3-2-4-10(11)13/h2-7,14H,1H3,(H,16,17). The van der Waals surface area contributed by atoms with Crippen LogP contribution < -0.4 is 4.72 Å². The van der Waals surface area contributed by atoms with Gasteiger partial charge in [0.2, 0.25) is 0 Å². The maximum atomic E-state index is 12.2. The Balaban J connectivity index is 2.47. The predicted molar refractivity (Wildman–Crippen MR) is 74.6 cm³/mol. The molecule has 8 heteroatoms. The highest BCUT2D eigenvalue weighted by Crippen LogP contribution is 2.28. The molecule has 2 rings (SSSR count). The summed E-state index contributed by atoms with van der Waals surface area (Å²) in [6.07, 6.45) is 2.97. The maximum absolute atomic E-state index is 12.2. The quantitative estimate of drug-likeness (QED) is 0.905. The van der Waals surface area contributed by atoms with E-state index in [1.165, 1.54) is 30.5 Å². The number of halogens is 1. The monoisotopic (exact) mass is 314 g/mol. The molecule has 6 nitrogen and oxygen atoms in total.